The molecule has 2 N–H and O–H groups in total. The molecule has 0 aliphatic heterocycles. The van der Waals surface area contributed by atoms with Gasteiger partial charge < -0.3 is 5.73 Å². The van der Waals surface area contributed by atoms with Gasteiger partial charge in [0, 0.05) is 6.42 Å². The maximum Gasteiger partial charge on any atom is 0.155 e. The van der Waals surface area contributed by atoms with Crippen molar-refractivity contribution in [3.63, 3.8) is 0 Å². The number of rotatable bonds is 4. The molecule has 0 rings (SSSR count). The number of ketones is 1. The third kappa shape index (κ3) is 3.75. The van der Waals surface area contributed by atoms with Gasteiger partial charge in [0.05, 0.1) is 16.5 Å². The molecule has 0 amide bonds. The van der Waals surface area contributed by atoms with Crippen LogP contribution in [0.5, 0.6) is 0 Å². The molecule has 0 heterocycles. The smallest absolute Gasteiger partial charge is 0.155 e. The highest BCUT2D eigenvalue weighted by atomic mass is 32.2. The quantitative estimate of drug-likeness (QED) is 0.750. The Morgan fingerprint density at radius 1 is 1.36 bits per heavy atom. The van der Waals surface area contributed by atoms with Gasteiger partial charge in [-0.15, -0.1) is 0 Å². The van der Waals surface area contributed by atoms with Gasteiger partial charge in [0.25, 0.3) is 0 Å². The first-order chi connectivity index (χ1) is 6.08. The molecule has 0 saturated heterocycles. The van der Waals surface area contributed by atoms with Crippen LogP contribution in [0.2, 0.25) is 0 Å². The molecule has 1 atom stereocenters. The van der Waals surface area contributed by atoms with Crippen LogP contribution < -0.4 is 5.73 Å². The molecule has 1 unspecified atom stereocenters. The summed E-state index contributed by atoms with van der Waals surface area (Å²) < 4.78 is 22.4. The van der Waals surface area contributed by atoms with Gasteiger partial charge in [0.1, 0.15) is 5.78 Å². The molecular weight excluding hydrogens is 202 g/mol. The van der Waals surface area contributed by atoms with Gasteiger partial charge in [-0.25, -0.2) is 8.42 Å². The van der Waals surface area contributed by atoms with Crippen LogP contribution >= 0.6 is 0 Å². The fourth-order valence-electron chi connectivity index (χ4n) is 0.769. The van der Waals surface area contributed by atoms with E-state index in [0.29, 0.717) is 0 Å². The second-order valence-electron chi connectivity index (χ2n) is 4.44. The van der Waals surface area contributed by atoms with E-state index in [4.69, 9.17) is 5.73 Å². The van der Waals surface area contributed by atoms with Crippen molar-refractivity contribution < 1.29 is 13.2 Å². The fourth-order valence-corrected chi connectivity index (χ4v) is 1.85. The Hall–Kier alpha value is -0.420. The summed E-state index contributed by atoms with van der Waals surface area (Å²) in [6, 6.07) is -0.579. The van der Waals surface area contributed by atoms with Crippen LogP contribution in [0, 0.1) is 0 Å². The second kappa shape index (κ2) is 4.40. The highest BCUT2D eigenvalue weighted by Crippen LogP contribution is 2.16. The third-order valence-corrected chi connectivity index (χ3v) is 4.67. The lowest BCUT2D eigenvalue weighted by Crippen LogP contribution is -2.34. The van der Waals surface area contributed by atoms with E-state index in [1.165, 1.54) is 0 Å². The van der Waals surface area contributed by atoms with Crippen molar-refractivity contribution in [2.45, 2.75) is 44.9 Å². The van der Waals surface area contributed by atoms with E-state index in [1.807, 2.05) is 0 Å². The number of nitrogens with two attached hydrogens (primary N) is 1. The largest absolute Gasteiger partial charge is 0.322 e. The summed E-state index contributed by atoms with van der Waals surface area (Å²) in [5, 5.41) is 0. The van der Waals surface area contributed by atoms with Crippen LogP contribution in [0.3, 0.4) is 0 Å². The molecule has 0 radical (unpaired) electrons. The lowest BCUT2D eigenvalue weighted by atomic mass is 10.2. The SMILES string of the molecule is CC(N)C(=O)CCS(=O)(=O)C(C)(C)C. The standard InChI is InChI=1S/C9H19NO3S/c1-7(10)8(11)5-6-14(12,13)9(2,3)4/h7H,5-6,10H2,1-4H3. The van der Waals surface area contributed by atoms with E-state index in [2.05, 4.69) is 0 Å². The van der Waals surface area contributed by atoms with E-state index in [1.54, 1.807) is 27.7 Å². The summed E-state index contributed by atoms with van der Waals surface area (Å²) in [7, 11) is -3.20. The van der Waals surface area contributed by atoms with E-state index in [0.717, 1.165) is 0 Å². The number of carbonyl (C=O) groups is 1. The van der Waals surface area contributed by atoms with Gasteiger partial charge in [-0.05, 0) is 27.7 Å². The molecule has 0 fully saturated rings. The zero-order valence-electron chi connectivity index (χ0n) is 9.20. The predicted octanol–water partition coefficient (Wildman–Crippen LogP) is 0.506. The van der Waals surface area contributed by atoms with Crippen molar-refractivity contribution in [2.75, 3.05) is 5.75 Å². The highest BCUT2D eigenvalue weighted by molar-refractivity contribution is 7.92. The minimum atomic E-state index is -3.20. The summed E-state index contributed by atoms with van der Waals surface area (Å²) >= 11 is 0. The van der Waals surface area contributed by atoms with Crippen LogP contribution in [0.25, 0.3) is 0 Å². The van der Waals surface area contributed by atoms with E-state index in [-0.39, 0.29) is 18.0 Å². The van der Waals surface area contributed by atoms with Gasteiger partial charge in [-0.3, -0.25) is 4.79 Å². The number of sulfone groups is 1. The van der Waals surface area contributed by atoms with Gasteiger partial charge in [-0.2, -0.15) is 0 Å². The number of carbonyl (C=O) groups excluding carboxylic acids is 1. The zero-order valence-corrected chi connectivity index (χ0v) is 10.0. The average molecular weight is 221 g/mol. The molecule has 84 valence electrons. The minimum absolute atomic E-state index is 0.0112. The lowest BCUT2D eigenvalue weighted by Gasteiger charge is -2.18. The van der Waals surface area contributed by atoms with Crippen molar-refractivity contribution in [1.82, 2.24) is 0 Å². The number of hydrogen-bond donors (Lipinski definition) is 1. The van der Waals surface area contributed by atoms with Crippen LogP contribution in [0.1, 0.15) is 34.1 Å². The Kier molecular flexibility index (Phi) is 4.27. The van der Waals surface area contributed by atoms with Gasteiger partial charge in [-0.1, -0.05) is 0 Å². The van der Waals surface area contributed by atoms with Gasteiger partial charge in [0.15, 0.2) is 9.84 Å². The molecule has 0 aliphatic rings. The molecule has 0 spiro atoms. The Labute approximate surface area is 85.8 Å². The topological polar surface area (TPSA) is 77.2 Å². The Morgan fingerprint density at radius 2 is 1.79 bits per heavy atom. The summed E-state index contributed by atoms with van der Waals surface area (Å²) in [6.45, 7) is 6.43. The van der Waals surface area contributed by atoms with Crippen molar-refractivity contribution in [3.05, 3.63) is 0 Å². The maximum absolute atomic E-state index is 11.6. The molecule has 0 saturated carbocycles. The normalized spacial score (nSPS) is 15.2. The average Bonchev–Trinajstić information content (AvgIpc) is 1.97. The molecule has 0 aromatic rings. The summed E-state index contributed by atoms with van der Waals surface area (Å²) in [4.78, 5) is 11.1. The summed E-state index contributed by atoms with van der Waals surface area (Å²) in [5.74, 6) is -0.325. The van der Waals surface area contributed by atoms with Crippen LogP contribution in [0.15, 0.2) is 0 Å². The molecule has 0 aromatic heterocycles. The second-order valence-corrected chi connectivity index (χ2v) is 7.30. The first-order valence-corrected chi connectivity index (χ1v) is 6.24. The maximum atomic E-state index is 11.6. The van der Waals surface area contributed by atoms with E-state index >= 15 is 0 Å². The molecule has 4 nitrogen and oxygen atoms in total. The molecule has 14 heavy (non-hydrogen) atoms. The lowest BCUT2D eigenvalue weighted by molar-refractivity contribution is -0.119. The molecule has 0 aromatic carbocycles. The Bertz CT molecular complexity index is 299. The predicted molar refractivity (Wildman–Crippen MR) is 56.8 cm³/mol. The Balaban J connectivity index is 4.36. The van der Waals surface area contributed by atoms with Crippen molar-refractivity contribution in [2.24, 2.45) is 5.73 Å². The van der Waals surface area contributed by atoms with Gasteiger partial charge >= 0.3 is 0 Å². The monoisotopic (exact) mass is 221 g/mol. The molecular formula is C9H19NO3S. The first-order valence-electron chi connectivity index (χ1n) is 4.58. The van der Waals surface area contributed by atoms with E-state index < -0.39 is 20.6 Å². The summed E-state index contributed by atoms with van der Waals surface area (Å²) in [5.41, 5.74) is 5.33. The molecule has 5 heteroatoms. The van der Waals surface area contributed by atoms with Crippen LogP contribution in [0.4, 0.5) is 0 Å². The molecule has 0 bridgehead atoms. The van der Waals surface area contributed by atoms with Crippen molar-refractivity contribution in [3.8, 4) is 0 Å². The number of hydrogen-bond acceptors (Lipinski definition) is 4. The zero-order chi connectivity index (χ0) is 11.6. The van der Waals surface area contributed by atoms with Gasteiger partial charge in [0.2, 0.25) is 0 Å². The van der Waals surface area contributed by atoms with Crippen LogP contribution in [-0.2, 0) is 14.6 Å². The number of Topliss-reactive ketones (excluding diaryl/α,β-unsaturated/α-hetero) is 1. The van der Waals surface area contributed by atoms with Crippen molar-refractivity contribution in [1.29, 1.82) is 0 Å². The van der Waals surface area contributed by atoms with E-state index in [9.17, 15) is 13.2 Å². The van der Waals surface area contributed by atoms with Crippen LogP contribution in [-0.4, -0.2) is 30.7 Å². The minimum Gasteiger partial charge on any atom is -0.322 e. The Morgan fingerprint density at radius 3 is 2.07 bits per heavy atom. The first kappa shape index (κ1) is 13.6. The van der Waals surface area contributed by atoms with Crippen molar-refractivity contribution >= 4 is 15.6 Å². The molecule has 0 aliphatic carbocycles. The fraction of sp³-hybridized carbons (Fsp3) is 0.889. The highest BCUT2D eigenvalue weighted by Gasteiger charge is 2.29. The third-order valence-electron chi connectivity index (χ3n) is 2.06. The summed E-state index contributed by atoms with van der Waals surface area (Å²) in [6.07, 6.45) is 0.0112.